The lowest BCUT2D eigenvalue weighted by atomic mass is 10.1. The van der Waals surface area contributed by atoms with Crippen LogP contribution >= 0.6 is 11.3 Å². The summed E-state index contributed by atoms with van der Waals surface area (Å²) in [4.78, 5) is 20.3. The van der Waals surface area contributed by atoms with Crippen LogP contribution < -0.4 is 11.1 Å². The molecule has 116 valence electrons. The fourth-order valence-corrected chi connectivity index (χ4v) is 2.85. The Morgan fingerprint density at radius 3 is 2.91 bits per heavy atom. The fraction of sp³-hybridized carbons (Fsp3) is 0.0667. The number of rotatable bonds is 4. The molecule has 0 unspecified atom stereocenters. The number of carbonyl (C=O) groups is 1. The highest BCUT2D eigenvalue weighted by atomic mass is 32.1. The van der Waals surface area contributed by atoms with Crippen molar-refractivity contribution >= 4 is 34.7 Å². The Morgan fingerprint density at radius 2 is 2.26 bits per heavy atom. The van der Waals surface area contributed by atoms with Crippen LogP contribution in [0.25, 0.3) is 21.9 Å². The first kappa shape index (κ1) is 14.9. The Morgan fingerprint density at radius 1 is 1.43 bits per heavy atom. The molecule has 0 radical (unpaired) electrons. The van der Waals surface area contributed by atoms with Crippen molar-refractivity contribution < 1.29 is 14.9 Å². The number of pyridine rings is 1. The maximum Gasteiger partial charge on any atom is 0.354 e. The van der Waals surface area contributed by atoms with Gasteiger partial charge in [-0.2, -0.15) is 0 Å². The number of nitrogens with two attached hydrogens (primary N) is 2. The van der Waals surface area contributed by atoms with Crippen LogP contribution in [0.5, 0.6) is 0 Å². The molecule has 0 atom stereocenters. The molecule has 4 N–H and O–H groups in total. The van der Waals surface area contributed by atoms with Gasteiger partial charge in [-0.1, -0.05) is 0 Å². The van der Waals surface area contributed by atoms with Gasteiger partial charge in [-0.25, -0.2) is 14.8 Å². The summed E-state index contributed by atoms with van der Waals surface area (Å²) in [7, 11) is 1.27. The Hall–Kier alpha value is -3.00. The summed E-state index contributed by atoms with van der Waals surface area (Å²) in [6.07, 6.45) is 6.58. The summed E-state index contributed by atoms with van der Waals surface area (Å²) in [5.41, 5.74) is 8.46. The summed E-state index contributed by atoms with van der Waals surface area (Å²) < 4.78 is 6.52. The first-order valence-corrected chi connectivity index (χ1v) is 7.54. The van der Waals surface area contributed by atoms with E-state index < -0.39 is 5.97 Å². The Labute approximate surface area is 135 Å². The van der Waals surface area contributed by atoms with E-state index >= 15 is 0 Å². The van der Waals surface area contributed by atoms with Gasteiger partial charge in [0.2, 0.25) is 0 Å². The molecule has 3 aromatic heterocycles. The number of fused-ring (bicyclic) bond motifs is 1. The van der Waals surface area contributed by atoms with Crippen molar-refractivity contribution in [1.82, 2.24) is 14.4 Å². The predicted molar refractivity (Wildman–Crippen MR) is 87.4 cm³/mol. The molecule has 23 heavy (non-hydrogen) atoms. The predicted octanol–water partition coefficient (Wildman–Crippen LogP) is 0.131. The summed E-state index contributed by atoms with van der Waals surface area (Å²) in [5.74, 6) is -0.632. The molecule has 0 amide bonds. The summed E-state index contributed by atoms with van der Waals surface area (Å²) >= 11 is 1.52. The number of hydrogen-bond acceptors (Lipinski definition) is 6. The highest BCUT2D eigenvalue weighted by molar-refractivity contribution is 7.13. The van der Waals surface area contributed by atoms with Gasteiger partial charge < -0.3 is 10.5 Å². The second-order valence-corrected chi connectivity index (χ2v) is 5.51. The van der Waals surface area contributed by atoms with Gasteiger partial charge in [0, 0.05) is 23.3 Å². The van der Waals surface area contributed by atoms with Gasteiger partial charge in [0.05, 0.1) is 18.9 Å². The topological polar surface area (TPSA) is 108 Å². The summed E-state index contributed by atoms with van der Waals surface area (Å²) in [5, 5.41) is 8.39. The molecule has 0 saturated carbocycles. The zero-order valence-electron chi connectivity index (χ0n) is 12.3. The Bertz CT molecular complexity index is 911. The molecule has 0 spiro atoms. The van der Waals surface area contributed by atoms with Crippen LogP contribution in [0.3, 0.4) is 0 Å². The highest BCUT2D eigenvalue weighted by Crippen LogP contribution is 2.24. The van der Waals surface area contributed by atoms with Crippen LogP contribution in [0.4, 0.5) is 0 Å². The number of allylic oxidation sites excluding steroid dienone is 1. The molecule has 0 aliphatic heterocycles. The van der Waals surface area contributed by atoms with E-state index in [4.69, 9.17) is 11.1 Å². The molecule has 7 nitrogen and oxygen atoms in total. The van der Waals surface area contributed by atoms with Crippen LogP contribution in [0.15, 0.2) is 41.8 Å². The van der Waals surface area contributed by atoms with Gasteiger partial charge in [0.25, 0.3) is 0 Å². The molecular formula is C15H14N5O2S+. The summed E-state index contributed by atoms with van der Waals surface area (Å²) in [6.45, 7) is 0. The lowest BCUT2D eigenvalue weighted by Crippen LogP contribution is -2.32. The van der Waals surface area contributed by atoms with E-state index in [1.807, 2.05) is 22.0 Å². The Balaban J connectivity index is 2.18. The number of ether oxygens (including phenoxy) is 1. The maximum atomic E-state index is 11.6. The molecule has 0 aliphatic carbocycles. The molecule has 0 aromatic carbocycles. The Kier molecular flexibility index (Phi) is 3.90. The fourth-order valence-electron chi connectivity index (χ4n) is 2.21. The van der Waals surface area contributed by atoms with Gasteiger partial charge in [0.15, 0.2) is 6.21 Å². The number of carbonyl (C=O) groups excluding carboxylic acids is 1. The minimum Gasteiger partial charge on any atom is -0.464 e. The van der Waals surface area contributed by atoms with Gasteiger partial charge in [0.1, 0.15) is 22.0 Å². The highest BCUT2D eigenvalue weighted by Gasteiger charge is 2.16. The number of nitrogens with zero attached hydrogens (tertiary/aromatic N) is 3. The molecule has 0 aliphatic rings. The SMILES string of the molecule is COC(=O)C(N)=C(C=[NH2+])c1ccc2ncc(-c3nccs3)n2c1. The van der Waals surface area contributed by atoms with Gasteiger partial charge in [-0.3, -0.25) is 9.81 Å². The molecule has 0 saturated heterocycles. The van der Waals surface area contributed by atoms with E-state index in [1.165, 1.54) is 24.7 Å². The first-order valence-electron chi connectivity index (χ1n) is 6.66. The second kappa shape index (κ2) is 6.01. The average molecular weight is 328 g/mol. The maximum absolute atomic E-state index is 11.6. The van der Waals surface area contributed by atoms with Crippen molar-refractivity contribution in [3.63, 3.8) is 0 Å². The average Bonchev–Trinajstić information content (AvgIpc) is 3.23. The molecule has 3 heterocycles. The smallest absolute Gasteiger partial charge is 0.354 e. The quantitative estimate of drug-likeness (QED) is 0.402. The third-order valence-electron chi connectivity index (χ3n) is 3.33. The van der Waals surface area contributed by atoms with Gasteiger partial charge >= 0.3 is 5.97 Å². The van der Waals surface area contributed by atoms with Crippen molar-refractivity contribution in [2.75, 3.05) is 7.11 Å². The van der Waals surface area contributed by atoms with Gasteiger partial charge in [-0.05, 0) is 12.1 Å². The van der Waals surface area contributed by atoms with Crippen molar-refractivity contribution in [3.8, 4) is 10.7 Å². The van der Waals surface area contributed by atoms with Gasteiger partial charge in [-0.15, -0.1) is 11.3 Å². The second-order valence-electron chi connectivity index (χ2n) is 4.61. The van der Waals surface area contributed by atoms with Crippen LogP contribution in [0.2, 0.25) is 0 Å². The molecule has 3 aromatic rings. The number of hydrogen-bond donors (Lipinski definition) is 2. The van der Waals surface area contributed by atoms with E-state index in [0.717, 1.165) is 16.3 Å². The first-order chi connectivity index (χ1) is 11.2. The van der Waals surface area contributed by atoms with Crippen molar-refractivity contribution in [2.45, 2.75) is 0 Å². The molecule has 0 bridgehead atoms. The molecule has 8 heteroatoms. The molecule has 3 rings (SSSR count). The lowest BCUT2D eigenvalue weighted by Gasteiger charge is -2.06. The lowest BCUT2D eigenvalue weighted by molar-refractivity contribution is -0.136. The van der Waals surface area contributed by atoms with Crippen molar-refractivity contribution in [1.29, 1.82) is 0 Å². The van der Waals surface area contributed by atoms with Crippen LogP contribution in [-0.4, -0.2) is 33.7 Å². The number of methoxy groups -OCH3 is 1. The normalized spacial score (nSPS) is 12.0. The zero-order valence-corrected chi connectivity index (χ0v) is 13.1. The monoisotopic (exact) mass is 328 g/mol. The van der Waals surface area contributed by atoms with Crippen LogP contribution in [0.1, 0.15) is 5.56 Å². The van der Waals surface area contributed by atoms with E-state index in [-0.39, 0.29) is 5.70 Å². The molecule has 0 fully saturated rings. The van der Waals surface area contributed by atoms with E-state index in [2.05, 4.69) is 14.7 Å². The van der Waals surface area contributed by atoms with Crippen LogP contribution in [-0.2, 0) is 9.53 Å². The summed E-state index contributed by atoms with van der Waals surface area (Å²) in [6, 6.07) is 3.61. The number of esters is 1. The van der Waals surface area contributed by atoms with Crippen molar-refractivity contribution in [3.05, 3.63) is 47.4 Å². The number of thiazole rings is 1. The zero-order chi connectivity index (χ0) is 16.4. The minimum absolute atomic E-state index is 0.0507. The van der Waals surface area contributed by atoms with E-state index in [1.54, 1.807) is 18.5 Å². The largest absolute Gasteiger partial charge is 0.464 e. The van der Waals surface area contributed by atoms with E-state index in [0.29, 0.717) is 11.1 Å². The third kappa shape index (κ3) is 2.59. The minimum atomic E-state index is -0.632. The van der Waals surface area contributed by atoms with E-state index in [9.17, 15) is 4.79 Å². The third-order valence-corrected chi connectivity index (χ3v) is 4.13. The standard InChI is InChI=1S/C15H13N5O2S/c1-22-15(21)13(17)10(6-16)9-2-3-12-19-7-11(20(12)8-9)14-18-4-5-23-14/h2-8,16H,17H2,1H3/p+1. The molecular weight excluding hydrogens is 314 g/mol. The number of aromatic nitrogens is 3. The van der Waals surface area contributed by atoms with Crippen LogP contribution in [0, 0.1) is 0 Å². The number of imidazole rings is 1. The van der Waals surface area contributed by atoms with Crippen molar-refractivity contribution in [2.24, 2.45) is 5.73 Å².